The second-order valence-electron chi connectivity index (χ2n) is 5.98. The molecule has 0 spiro atoms. The van der Waals surface area contributed by atoms with E-state index in [1.165, 1.54) is 21.0 Å². The van der Waals surface area contributed by atoms with Gasteiger partial charge in [-0.1, -0.05) is 30.3 Å². The van der Waals surface area contributed by atoms with Crippen LogP contribution in [0, 0.1) is 0 Å². The Kier molecular flexibility index (Phi) is 5.26. The summed E-state index contributed by atoms with van der Waals surface area (Å²) >= 11 is 0. The van der Waals surface area contributed by atoms with Gasteiger partial charge >= 0.3 is 5.76 Å². The van der Waals surface area contributed by atoms with E-state index in [-0.39, 0.29) is 23.6 Å². The van der Waals surface area contributed by atoms with Crippen molar-refractivity contribution in [2.24, 2.45) is 12.8 Å². The van der Waals surface area contributed by atoms with E-state index < -0.39 is 15.8 Å². The van der Waals surface area contributed by atoms with Gasteiger partial charge in [-0.15, -0.1) is 0 Å². The second-order valence-corrected chi connectivity index (χ2v) is 7.92. The smallest absolute Gasteiger partial charge is 0.408 e. The van der Waals surface area contributed by atoms with Crippen molar-refractivity contribution in [1.29, 1.82) is 0 Å². The number of aromatic nitrogens is 1. The SMILES string of the molecule is Cn1c(=O)oc2cc(S(=O)(=O)N(CCN)CCc3ccccc3)ccc21. The highest BCUT2D eigenvalue weighted by atomic mass is 32.2. The van der Waals surface area contributed by atoms with Gasteiger partial charge in [-0.3, -0.25) is 4.57 Å². The van der Waals surface area contributed by atoms with Crippen LogP contribution >= 0.6 is 0 Å². The number of hydrogen-bond acceptors (Lipinski definition) is 5. The van der Waals surface area contributed by atoms with Crippen molar-refractivity contribution < 1.29 is 12.8 Å². The molecule has 2 aromatic carbocycles. The van der Waals surface area contributed by atoms with Crippen molar-refractivity contribution in [3.63, 3.8) is 0 Å². The van der Waals surface area contributed by atoms with E-state index in [0.29, 0.717) is 18.5 Å². The highest BCUT2D eigenvalue weighted by molar-refractivity contribution is 7.89. The number of fused-ring (bicyclic) bond motifs is 1. The van der Waals surface area contributed by atoms with Gasteiger partial charge in [0.1, 0.15) is 0 Å². The molecule has 0 fully saturated rings. The van der Waals surface area contributed by atoms with Gasteiger partial charge in [0.2, 0.25) is 10.0 Å². The maximum atomic E-state index is 13.0. The topological polar surface area (TPSA) is 98.5 Å². The summed E-state index contributed by atoms with van der Waals surface area (Å²) in [5.74, 6) is -0.530. The first-order valence-corrected chi connectivity index (χ1v) is 9.71. The Morgan fingerprint density at radius 1 is 1.12 bits per heavy atom. The first-order chi connectivity index (χ1) is 12.4. The molecule has 0 atom stereocenters. The maximum Gasteiger partial charge on any atom is 0.419 e. The molecule has 26 heavy (non-hydrogen) atoms. The average Bonchev–Trinajstić information content (AvgIpc) is 2.93. The van der Waals surface area contributed by atoms with Crippen molar-refractivity contribution in [2.75, 3.05) is 19.6 Å². The van der Waals surface area contributed by atoms with Gasteiger partial charge in [-0.25, -0.2) is 13.2 Å². The summed E-state index contributed by atoms with van der Waals surface area (Å²) < 4.78 is 33.8. The zero-order valence-corrected chi connectivity index (χ0v) is 15.3. The van der Waals surface area contributed by atoms with Crippen molar-refractivity contribution in [3.8, 4) is 0 Å². The fourth-order valence-corrected chi connectivity index (χ4v) is 4.29. The number of aryl methyl sites for hydroxylation is 1. The lowest BCUT2D eigenvalue weighted by Crippen LogP contribution is -2.36. The molecule has 3 aromatic rings. The van der Waals surface area contributed by atoms with E-state index in [1.54, 1.807) is 13.1 Å². The number of hydrogen-bond donors (Lipinski definition) is 1. The van der Waals surface area contributed by atoms with Gasteiger partial charge in [-0.2, -0.15) is 4.31 Å². The third kappa shape index (κ3) is 3.57. The average molecular weight is 375 g/mol. The summed E-state index contributed by atoms with van der Waals surface area (Å²) in [6, 6.07) is 14.1. The van der Waals surface area contributed by atoms with E-state index in [2.05, 4.69) is 0 Å². The number of nitrogens with two attached hydrogens (primary N) is 1. The van der Waals surface area contributed by atoms with Gasteiger partial charge in [0.25, 0.3) is 0 Å². The molecular formula is C18H21N3O4S. The Bertz CT molecular complexity index is 1050. The Morgan fingerprint density at radius 3 is 2.54 bits per heavy atom. The summed E-state index contributed by atoms with van der Waals surface area (Å²) in [5, 5.41) is 0. The minimum Gasteiger partial charge on any atom is -0.408 e. The van der Waals surface area contributed by atoms with Crippen LogP contribution in [0.4, 0.5) is 0 Å². The standard InChI is InChI=1S/C18H21N3O4S/c1-20-16-8-7-15(13-17(16)25-18(20)22)26(23,24)21(12-10-19)11-9-14-5-3-2-4-6-14/h2-8,13H,9-12,19H2,1H3. The van der Waals surface area contributed by atoms with E-state index in [0.717, 1.165) is 5.56 Å². The number of sulfonamides is 1. The molecular weight excluding hydrogens is 354 g/mol. The molecule has 138 valence electrons. The molecule has 0 unspecified atom stereocenters. The zero-order valence-electron chi connectivity index (χ0n) is 14.5. The molecule has 0 bridgehead atoms. The highest BCUT2D eigenvalue weighted by Crippen LogP contribution is 2.21. The van der Waals surface area contributed by atoms with Crippen molar-refractivity contribution in [1.82, 2.24) is 8.87 Å². The van der Waals surface area contributed by atoms with Crippen molar-refractivity contribution in [2.45, 2.75) is 11.3 Å². The fourth-order valence-electron chi connectivity index (χ4n) is 2.82. The van der Waals surface area contributed by atoms with Gasteiger partial charge in [0.05, 0.1) is 10.4 Å². The minimum atomic E-state index is -3.75. The van der Waals surface area contributed by atoms with Crippen LogP contribution in [0.2, 0.25) is 0 Å². The van der Waals surface area contributed by atoms with Crippen LogP contribution in [-0.4, -0.2) is 36.9 Å². The molecule has 0 radical (unpaired) electrons. The summed E-state index contributed by atoms with van der Waals surface area (Å²) in [6.45, 7) is 0.753. The lowest BCUT2D eigenvalue weighted by Gasteiger charge is -2.21. The Balaban J connectivity index is 1.90. The maximum absolute atomic E-state index is 13.0. The van der Waals surface area contributed by atoms with Crippen molar-refractivity contribution in [3.05, 3.63) is 64.6 Å². The number of oxazole rings is 1. The first kappa shape index (κ1) is 18.4. The number of benzene rings is 2. The summed E-state index contributed by atoms with van der Waals surface area (Å²) in [5.41, 5.74) is 7.46. The van der Waals surface area contributed by atoms with Gasteiger partial charge in [-0.05, 0) is 24.1 Å². The molecule has 8 heteroatoms. The van der Waals surface area contributed by atoms with Crippen LogP contribution in [0.25, 0.3) is 11.1 Å². The molecule has 1 heterocycles. The first-order valence-electron chi connectivity index (χ1n) is 8.27. The molecule has 7 nitrogen and oxygen atoms in total. The van der Waals surface area contributed by atoms with E-state index in [9.17, 15) is 13.2 Å². The third-order valence-corrected chi connectivity index (χ3v) is 6.17. The predicted octanol–water partition coefficient (Wildman–Crippen LogP) is 1.32. The molecule has 1 aromatic heterocycles. The molecule has 0 aliphatic carbocycles. The van der Waals surface area contributed by atoms with E-state index >= 15 is 0 Å². The Hall–Kier alpha value is -2.42. The summed E-state index contributed by atoms with van der Waals surface area (Å²) in [7, 11) is -2.17. The highest BCUT2D eigenvalue weighted by Gasteiger charge is 2.24. The van der Waals surface area contributed by atoms with E-state index in [4.69, 9.17) is 10.2 Å². The molecule has 3 rings (SSSR count). The lowest BCUT2D eigenvalue weighted by atomic mass is 10.1. The fraction of sp³-hybridized carbons (Fsp3) is 0.278. The second kappa shape index (κ2) is 7.45. The Labute approximate surface area is 151 Å². The monoisotopic (exact) mass is 375 g/mol. The quantitative estimate of drug-likeness (QED) is 0.672. The Morgan fingerprint density at radius 2 is 1.85 bits per heavy atom. The van der Waals surface area contributed by atoms with Crippen LogP contribution in [0.1, 0.15) is 5.56 Å². The predicted molar refractivity (Wildman–Crippen MR) is 99.4 cm³/mol. The van der Waals surface area contributed by atoms with Gasteiger partial charge < -0.3 is 10.2 Å². The number of nitrogens with zero attached hydrogens (tertiary/aromatic N) is 2. The van der Waals surface area contributed by atoms with E-state index in [1.807, 2.05) is 30.3 Å². The van der Waals surface area contributed by atoms with Crippen LogP contribution in [-0.2, 0) is 23.5 Å². The van der Waals surface area contributed by atoms with Crippen LogP contribution in [0.5, 0.6) is 0 Å². The van der Waals surface area contributed by atoms with Gasteiger partial charge in [0.15, 0.2) is 5.58 Å². The summed E-state index contributed by atoms with van der Waals surface area (Å²) in [4.78, 5) is 11.7. The third-order valence-electron chi connectivity index (χ3n) is 4.27. The van der Waals surface area contributed by atoms with Crippen LogP contribution in [0.15, 0.2) is 62.6 Å². The van der Waals surface area contributed by atoms with Crippen LogP contribution < -0.4 is 11.5 Å². The molecule has 0 aliphatic rings. The number of rotatable bonds is 7. The molecule has 0 saturated carbocycles. The molecule has 2 N–H and O–H groups in total. The largest absolute Gasteiger partial charge is 0.419 e. The molecule has 0 saturated heterocycles. The lowest BCUT2D eigenvalue weighted by molar-refractivity contribution is 0.421. The normalized spacial score (nSPS) is 12.1. The molecule has 0 aliphatic heterocycles. The van der Waals surface area contributed by atoms with Crippen molar-refractivity contribution >= 4 is 21.1 Å². The summed E-state index contributed by atoms with van der Waals surface area (Å²) in [6.07, 6.45) is 0.586. The zero-order chi connectivity index (χ0) is 18.7. The molecule has 0 amide bonds. The van der Waals surface area contributed by atoms with Gasteiger partial charge in [0, 0.05) is 32.7 Å². The van der Waals surface area contributed by atoms with Crippen LogP contribution in [0.3, 0.4) is 0 Å². The minimum absolute atomic E-state index is 0.0841.